The molecule has 0 saturated heterocycles. The SMILES string of the molecule is CC[C@@H](c1ccc(C(F)(F)F)nc1)n1nc(C2CC2)c2c(=O)[nH]c(Cc3ccc(F)cn3)nc21. The zero-order valence-electron chi connectivity index (χ0n) is 18.1. The molecule has 1 aliphatic carbocycles. The Kier molecular flexibility index (Phi) is 5.41. The first kappa shape index (κ1) is 22.2. The minimum atomic E-state index is -4.53. The number of rotatable bonds is 6. The van der Waals surface area contributed by atoms with E-state index in [0.717, 1.165) is 25.1 Å². The van der Waals surface area contributed by atoms with Crippen LogP contribution < -0.4 is 5.56 Å². The van der Waals surface area contributed by atoms with E-state index < -0.39 is 23.7 Å². The van der Waals surface area contributed by atoms with Gasteiger partial charge < -0.3 is 4.98 Å². The van der Waals surface area contributed by atoms with Crippen molar-refractivity contribution >= 4 is 11.0 Å². The molecule has 5 rings (SSSR count). The first-order valence-electron chi connectivity index (χ1n) is 10.9. The van der Waals surface area contributed by atoms with Crippen molar-refractivity contribution in [2.45, 2.75) is 50.7 Å². The number of nitrogens with one attached hydrogen (secondary N) is 1. The van der Waals surface area contributed by atoms with Gasteiger partial charge in [0, 0.05) is 24.2 Å². The Labute approximate surface area is 190 Å². The highest BCUT2D eigenvalue weighted by Gasteiger charge is 2.34. The zero-order valence-corrected chi connectivity index (χ0v) is 18.1. The predicted molar refractivity (Wildman–Crippen MR) is 115 cm³/mol. The second-order valence-corrected chi connectivity index (χ2v) is 8.36. The molecule has 4 aromatic rings. The van der Waals surface area contributed by atoms with Gasteiger partial charge in [-0.2, -0.15) is 18.3 Å². The molecule has 0 aliphatic heterocycles. The Morgan fingerprint density at radius 1 is 1.15 bits per heavy atom. The lowest BCUT2D eigenvalue weighted by Gasteiger charge is -2.17. The van der Waals surface area contributed by atoms with Crippen molar-refractivity contribution in [3.05, 3.63) is 81.3 Å². The average molecular weight is 472 g/mol. The summed E-state index contributed by atoms with van der Waals surface area (Å²) in [6.07, 6.45) is 0.238. The monoisotopic (exact) mass is 472 g/mol. The number of alkyl halides is 3. The molecule has 34 heavy (non-hydrogen) atoms. The van der Waals surface area contributed by atoms with E-state index in [1.165, 1.54) is 24.4 Å². The second-order valence-electron chi connectivity index (χ2n) is 8.36. The topological polar surface area (TPSA) is 89.4 Å². The second kappa shape index (κ2) is 8.30. The quantitative estimate of drug-likeness (QED) is 0.417. The Morgan fingerprint density at radius 2 is 1.94 bits per heavy atom. The molecule has 0 spiro atoms. The molecule has 4 heterocycles. The molecule has 0 radical (unpaired) electrons. The van der Waals surface area contributed by atoms with Crippen LogP contribution in [0.2, 0.25) is 0 Å². The summed E-state index contributed by atoms with van der Waals surface area (Å²) in [6.45, 7) is 1.88. The highest BCUT2D eigenvalue weighted by atomic mass is 19.4. The first-order chi connectivity index (χ1) is 16.2. The van der Waals surface area contributed by atoms with Gasteiger partial charge in [-0.15, -0.1) is 0 Å². The van der Waals surface area contributed by atoms with E-state index >= 15 is 0 Å². The molecule has 0 amide bonds. The summed E-state index contributed by atoms with van der Waals surface area (Å²) in [5.74, 6) is 0.0174. The van der Waals surface area contributed by atoms with Crippen LogP contribution in [0.25, 0.3) is 11.0 Å². The van der Waals surface area contributed by atoms with Crippen LogP contribution in [0.15, 0.2) is 41.5 Å². The molecule has 1 fully saturated rings. The molecule has 11 heteroatoms. The minimum Gasteiger partial charge on any atom is -0.310 e. The van der Waals surface area contributed by atoms with E-state index in [0.29, 0.717) is 40.2 Å². The summed E-state index contributed by atoms with van der Waals surface area (Å²) >= 11 is 0. The Balaban J connectivity index is 1.60. The minimum absolute atomic E-state index is 0.152. The van der Waals surface area contributed by atoms with Crippen molar-refractivity contribution in [3.63, 3.8) is 0 Å². The zero-order chi connectivity index (χ0) is 24.0. The van der Waals surface area contributed by atoms with Gasteiger partial charge in [0.15, 0.2) is 5.65 Å². The van der Waals surface area contributed by atoms with E-state index in [2.05, 4.69) is 19.9 Å². The van der Waals surface area contributed by atoms with Gasteiger partial charge in [0.1, 0.15) is 22.7 Å². The van der Waals surface area contributed by atoms with Crippen molar-refractivity contribution in [2.75, 3.05) is 0 Å². The Morgan fingerprint density at radius 3 is 2.53 bits per heavy atom. The molecule has 1 N–H and O–H groups in total. The molecular weight excluding hydrogens is 452 g/mol. The molecule has 176 valence electrons. The third-order valence-corrected chi connectivity index (χ3v) is 5.88. The van der Waals surface area contributed by atoms with Crippen LogP contribution in [0.1, 0.15) is 66.6 Å². The van der Waals surface area contributed by atoms with Crippen molar-refractivity contribution in [1.82, 2.24) is 29.7 Å². The summed E-state index contributed by atoms with van der Waals surface area (Å²) in [7, 11) is 0. The number of halogens is 4. The van der Waals surface area contributed by atoms with Crippen LogP contribution in [0.5, 0.6) is 0 Å². The standard InChI is InChI=1S/C23H20F4N6O/c1-2-16(13-5-8-17(29-10-13)23(25,26)27)33-21-19(20(32-33)12-3-4-12)22(34)31-18(30-21)9-15-7-6-14(24)11-28-15/h5-8,10-12,16H,2-4,9H2,1H3,(H,30,31,34)/t16-/m0/s1. The number of hydrogen-bond acceptors (Lipinski definition) is 5. The van der Waals surface area contributed by atoms with E-state index in [4.69, 9.17) is 5.10 Å². The van der Waals surface area contributed by atoms with Crippen molar-refractivity contribution in [1.29, 1.82) is 0 Å². The molecule has 0 bridgehead atoms. The largest absolute Gasteiger partial charge is 0.433 e. The summed E-state index contributed by atoms with van der Waals surface area (Å²) in [5.41, 5.74) is 0.750. The number of fused-ring (bicyclic) bond motifs is 1. The number of aromatic amines is 1. The highest BCUT2D eigenvalue weighted by Crippen LogP contribution is 2.42. The lowest BCUT2D eigenvalue weighted by atomic mass is 10.1. The fourth-order valence-electron chi connectivity index (χ4n) is 4.06. The molecule has 1 saturated carbocycles. The van der Waals surface area contributed by atoms with Crippen LogP contribution in [0.4, 0.5) is 17.6 Å². The summed E-state index contributed by atoms with van der Waals surface area (Å²) in [6, 6.07) is 4.65. The van der Waals surface area contributed by atoms with Crippen LogP contribution in [0.3, 0.4) is 0 Å². The van der Waals surface area contributed by atoms with Crippen molar-refractivity contribution in [3.8, 4) is 0 Å². The molecule has 1 aliphatic rings. The maximum Gasteiger partial charge on any atom is 0.433 e. The van der Waals surface area contributed by atoms with Gasteiger partial charge in [-0.05, 0) is 43.0 Å². The van der Waals surface area contributed by atoms with Gasteiger partial charge in [-0.3, -0.25) is 14.8 Å². The maximum absolute atomic E-state index is 13.2. The number of hydrogen-bond donors (Lipinski definition) is 1. The van der Waals surface area contributed by atoms with E-state index in [1.54, 1.807) is 4.68 Å². The normalized spacial score (nSPS) is 15.1. The predicted octanol–water partition coefficient (Wildman–Crippen LogP) is 4.54. The van der Waals surface area contributed by atoms with Gasteiger partial charge in [0.25, 0.3) is 5.56 Å². The van der Waals surface area contributed by atoms with Crippen molar-refractivity contribution in [2.24, 2.45) is 0 Å². The van der Waals surface area contributed by atoms with Gasteiger partial charge in [0.2, 0.25) is 0 Å². The van der Waals surface area contributed by atoms with Crippen molar-refractivity contribution < 1.29 is 17.6 Å². The molecular formula is C23H20F4N6O. The lowest BCUT2D eigenvalue weighted by Crippen LogP contribution is -2.17. The van der Waals surface area contributed by atoms with Gasteiger partial charge in [-0.25, -0.2) is 14.1 Å². The molecule has 7 nitrogen and oxygen atoms in total. The molecule has 4 aromatic heterocycles. The summed E-state index contributed by atoms with van der Waals surface area (Å²) in [5, 5.41) is 5.10. The van der Waals surface area contributed by atoms with Crippen LogP contribution >= 0.6 is 0 Å². The van der Waals surface area contributed by atoms with Gasteiger partial charge in [-0.1, -0.05) is 13.0 Å². The fraction of sp³-hybridized carbons (Fsp3) is 0.348. The lowest BCUT2D eigenvalue weighted by molar-refractivity contribution is -0.141. The Hall–Kier alpha value is -3.63. The molecule has 1 atom stereocenters. The maximum atomic E-state index is 13.2. The fourth-order valence-corrected chi connectivity index (χ4v) is 4.06. The van der Waals surface area contributed by atoms with Gasteiger partial charge in [0.05, 0.1) is 17.9 Å². The number of H-pyrrole nitrogens is 1. The number of nitrogens with zero attached hydrogens (tertiary/aromatic N) is 5. The van der Waals surface area contributed by atoms with E-state index in [-0.39, 0.29) is 17.9 Å². The first-order valence-corrected chi connectivity index (χ1v) is 10.9. The summed E-state index contributed by atoms with van der Waals surface area (Å²) < 4.78 is 53.7. The molecule has 0 unspecified atom stereocenters. The third kappa shape index (κ3) is 4.17. The third-order valence-electron chi connectivity index (χ3n) is 5.88. The van der Waals surface area contributed by atoms with E-state index in [1.807, 2.05) is 6.92 Å². The van der Waals surface area contributed by atoms with Crippen LogP contribution in [-0.4, -0.2) is 29.7 Å². The Bertz CT molecular complexity index is 1390. The molecule has 0 aromatic carbocycles. The van der Waals surface area contributed by atoms with Gasteiger partial charge >= 0.3 is 6.18 Å². The highest BCUT2D eigenvalue weighted by molar-refractivity contribution is 5.78. The smallest absolute Gasteiger partial charge is 0.310 e. The average Bonchev–Trinajstić information content (AvgIpc) is 3.57. The van der Waals surface area contributed by atoms with Crippen LogP contribution in [-0.2, 0) is 12.6 Å². The van der Waals surface area contributed by atoms with E-state index in [9.17, 15) is 22.4 Å². The number of aromatic nitrogens is 6. The summed E-state index contributed by atoms with van der Waals surface area (Å²) in [4.78, 5) is 28.1. The number of pyridine rings is 2. The van der Waals surface area contributed by atoms with Crippen LogP contribution in [0, 0.1) is 5.82 Å².